The molecule has 140 valence electrons. The second-order valence-electron chi connectivity index (χ2n) is 5.74. The van der Waals surface area contributed by atoms with Gasteiger partial charge in [0, 0.05) is 24.2 Å². The minimum atomic E-state index is -0.0826. The molecule has 6 nitrogen and oxygen atoms in total. The van der Waals surface area contributed by atoms with Gasteiger partial charge in [0.1, 0.15) is 10.8 Å². The first-order chi connectivity index (χ1) is 13.2. The van der Waals surface area contributed by atoms with E-state index in [-0.39, 0.29) is 12.3 Å². The number of para-hydroxylation sites is 1. The van der Waals surface area contributed by atoms with E-state index in [1.165, 1.54) is 11.3 Å². The van der Waals surface area contributed by atoms with Gasteiger partial charge in [-0.05, 0) is 24.6 Å². The lowest BCUT2D eigenvalue weighted by molar-refractivity contribution is -0.120. The van der Waals surface area contributed by atoms with Crippen molar-refractivity contribution in [3.63, 3.8) is 0 Å². The number of thiazole rings is 1. The molecular formula is C20H21N3O3S. The van der Waals surface area contributed by atoms with Crippen LogP contribution in [0.25, 0.3) is 10.6 Å². The van der Waals surface area contributed by atoms with Crippen molar-refractivity contribution in [2.45, 2.75) is 19.9 Å². The molecule has 0 spiro atoms. The van der Waals surface area contributed by atoms with Crippen molar-refractivity contribution in [1.29, 1.82) is 0 Å². The lowest BCUT2D eigenvalue weighted by Gasteiger charge is -2.07. The van der Waals surface area contributed by atoms with E-state index in [9.17, 15) is 4.79 Å². The van der Waals surface area contributed by atoms with E-state index in [1.54, 1.807) is 19.4 Å². The molecule has 0 radical (unpaired) electrons. The standard InChI is InChI=1S/C20H21N3O3S/c1-3-26-17-7-5-4-6-16(17)20-23-15(13-27-20)10-18(24)21-11-14-8-9-19(25-2)22-12-14/h4-9,12-13H,3,10-11H2,1-2H3,(H,21,24). The molecule has 7 heteroatoms. The van der Waals surface area contributed by atoms with Crippen LogP contribution in [-0.4, -0.2) is 29.6 Å². The van der Waals surface area contributed by atoms with Crippen LogP contribution in [0.2, 0.25) is 0 Å². The number of methoxy groups -OCH3 is 1. The molecule has 0 saturated carbocycles. The van der Waals surface area contributed by atoms with E-state index in [4.69, 9.17) is 9.47 Å². The number of carbonyl (C=O) groups excluding carboxylic acids is 1. The van der Waals surface area contributed by atoms with Crippen LogP contribution in [0.3, 0.4) is 0 Å². The number of rotatable bonds is 8. The Hall–Kier alpha value is -2.93. The van der Waals surface area contributed by atoms with Gasteiger partial charge in [-0.1, -0.05) is 18.2 Å². The second-order valence-corrected chi connectivity index (χ2v) is 6.59. The van der Waals surface area contributed by atoms with Crippen LogP contribution in [0.5, 0.6) is 11.6 Å². The summed E-state index contributed by atoms with van der Waals surface area (Å²) in [7, 11) is 1.57. The van der Waals surface area contributed by atoms with Crippen LogP contribution < -0.4 is 14.8 Å². The Morgan fingerprint density at radius 3 is 2.81 bits per heavy atom. The van der Waals surface area contributed by atoms with E-state index in [1.807, 2.05) is 42.6 Å². The van der Waals surface area contributed by atoms with Crippen LogP contribution >= 0.6 is 11.3 Å². The van der Waals surface area contributed by atoms with Gasteiger partial charge in [-0.25, -0.2) is 9.97 Å². The molecule has 2 heterocycles. The first-order valence-electron chi connectivity index (χ1n) is 8.61. The molecule has 3 rings (SSSR count). The van der Waals surface area contributed by atoms with Crippen molar-refractivity contribution >= 4 is 17.2 Å². The van der Waals surface area contributed by atoms with Gasteiger partial charge in [-0.3, -0.25) is 4.79 Å². The smallest absolute Gasteiger partial charge is 0.226 e. The highest BCUT2D eigenvalue weighted by Crippen LogP contribution is 2.32. The van der Waals surface area contributed by atoms with Gasteiger partial charge in [0.15, 0.2) is 0 Å². The predicted molar refractivity (Wildman–Crippen MR) is 105 cm³/mol. The Labute approximate surface area is 162 Å². The molecule has 1 amide bonds. The third kappa shape index (κ3) is 5.04. The third-order valence-electron chi connectivity index (χ3n) is 3.81. The van der Waals surface area contributed by atoms with Gasteiger partial charge in [0.05, 0.1) is 31.4 Å². The summed E-state index contributed by atoms with van der Waals surface area (Å²) in [6, 6.07) is 11.4. The molecule has 0 aliphatic rings. The van der Waals surface area contributed by atoms with E-state index in [2.05, 4.69) is 15.3 Å². The summed E-state index contributed by atoms with van der Waals surface area (Å²) in [6.45, 7) is 2.96. The first-order valence-corrected chi connectivity index (χ1v) is 9.49. The summed E-state index contributed by atoms with van der Waals surface area (Å²) in [5, 5.41) is 5.64. The van der Waals surface area contributed by atoms with E-state index in [0.717, 1.165) is 27.6 Å². The Morgan fingerprint density at radius 2 is 2.07 bits per heavy atom. The highest BCUT2D eigenvalue weighted by Gasteiger charge is 2.12. The second kappa shape index (κ2) is 9.14. The van der Waals surface area contributed by atoms with Crippen molar-refractivity contribution < 1.29 is 14.3 Å². The van der Waals surface area contributed by atoms with Crippen LogP contribution in [0, 0.1) is 0 Å². The Bertz CT molecular complexity index is 893. The maximum Gasteiger partial charge on any atom is 0.226 e. The third-order valence-corrected chi connectivity index (χ3v) is 4.73. The lowest BCUT2D eigenvalue weighted by atomic mass is 10.2. The fourth-order valence-corrected chi connectivity index (χ4v) is 3.35. The minimum Gasteiger partial charge on any atom is -0.493 e. The highest BCUT2D eigenvalue weighted by molar-refractivity contribution is 7.13. The highest BCUT2D eigenvalue weighted by atomic mass is 32.1. The average Bonchev–Trinajstić information content (AvgIpc) is 3.15. The molecule has 0 bridgehead atoms. The minimum absolute atomic E-state index is 0.0826. The molecule has 1 N–H and O–H groups in total. The summed E-state index contributed by atoms with van der Waals surface area (Å²) in [5.41, 5.74) is 2.60. The van der Waals surface area contributed by atoms with Crippen molar-refractivity contribution in [2.24, 2.45) is 0 Å². The van der Waals surface area contributed by atoms with Crippen LogP contribution in [0.4, 0.5) is 0 Å². The van der Waals surface area contributed by atoms with Crippen LogP contribution in [0.1, 0.15) is 18.2 Å². The van der Waals surface area contributed by atoms with Gasteiger partial charge >= 0.3 is 0 Å². The van der Waals surface area contributed by atoms with Gasteiger partial charge in [-0.15, -0.1) is 11.3 Å². The zero-order chi connectivity index (χ0) is 19.1. The zero-order valence-electron chi connectivity index (χ0n) is 15.3. The van der Waals surface area contributed by atoms with E-state index >= 15 is 0 Å². The Kier molecular flexibility index (Phi) is 6.38. The summed E-state index contributed by atoms with van der Waals surface area (Å²) >= 11 is 1.51. The predicted octanol–water partition coefficient (Wildman–Crippen LogP) is 3.47. The van der Waals surface area contributed by atoms with Gasteiger partial charge in [0.2, 0.25) is 11.8 Å². The number of nitrogens with one attached hydrogen (secondary N) is 1. The summed E-state index contributed by atoms with van der Waals surface area (Å²) < 4.78 is 10.7. The summed E-state index contributed by atoms with van der Waals surface area (Å²) in [4.78, 5) is 20.9. The normalized spacial score (nSPS) is 10.4. The van der Waals surface area contributed by atoms with Crippen molar-refractivity contribution in [3.05, 3.63) is 59.2 Å². The monoisotopic (exact) mass is 383 g/mol. The quantitative estimate of drug-likeness (QED) is 0.645. The fraction of sp³-hybridized carbons (Fsp3) is 0.250. The zero-order valence-corrected chi connectivity index (χ0v) is 16.1. The fourth-order valence-electron chi connectivity index (χ4n) is 2.50. The summed E-state index contributed by atoms with van der Waals surface area (Å²) in [5.74, 6) is 1.27. The summed E-state index contributed by atoms with van der Waals surface area (Å²) in [6.07, 6.45) is 1.92. The van der Waals surface area contributed by atoms with E-state index < -0.39 is 0 Å². The molecule has 0 atom stereocenters. The number of nitrogens with zero attached hydrogens (tertiary/aromatic N) is 2. The van der Waals surface area contributed by atoms with E-state index in [0.29, 0.717) is 19.0 Å². The molecule has 27 heavy (non-hydrogen) atoms. The molecule has 0 aliphatic heterocycles. The SMILES string of the molecule is CCOc1ccccc1-c1nc(CC(=O)NCc2ccc(OC)nc2)cs1. The number of aromatic nitrogens is 2. The Balaban J connectivity index is 1.59. The molecule has 3 aromatic rings. The molecule has 0 fully saturated rings. The number of carbonyl (C=O) groups is 1. The largest absolute Gasteiger partial charge is 0.493 e. The van der Waals surface area contributed by atoms with Gasteiger partial charge < -0.3 is 14.8 Å². The first kappa shape index (κ1) is 18.8. The maximum atomic E-state index is 12.2. The molecular weight excluding hydrogens is 362 g/mol. The van der Waals surface area contributed by atoms with Crippen LogP contribution in [0.15, 0.2) is 48.0 Å². The molecule has 1 aromatic carbocycles. The van der Waals surface area contributed by atoms with Crippen molar-refractivity contribution in [1.82, 2.24) is 15.3 Å². The Morgan fingerprint density at radius 1 is 1.22 bits per heavy atom. The number of hydrogen-bond acceptors (Lipinski definition) is 6. The maximum absolute atomic E-state index is 12.2. The average molecular weight is 383 g/mol. The lowest BCUT2D eigenvalue weighted by Crippen LogP contribution is -2.24. The molecule has 0 unspecified atom stereocenters. The molecule has 2 aromatic heterocycles. The molecule has 0 saturated heterocycles. The topological polar surface area (TPSA) is 73.3 Å². The molecule has 0 aliphatic carbocycles. The number of pyridine rings is 1. The van der Waals surface area contributed by atoms with Gasteiger partial charge in [-0.2, -0.15) is 0 Å². The van der Waals surface area contributed by atoms with Crippen molar-refractivity contribution in [3.8, 4) is 22.2 Å². The van der Waals surface area contributed by atoms with Crippen molar-refractivity contribution in [2.75, 3.05) is 13.7 Å². The number of hydrogen-bond donors (Lipinski definition) is 1. The van der Waals surface area contributed by atoms with Gasteiger partial charge in [0.25, 0.3) is 0 Å². The van der Waals surface area contributed by atoms with Crippen LogP contribution in [-0.2, 0) is 17.8 Å². The number of benzene rings is 1. The number of ether oxygens (including phenoxy) is 2. The number of amides is 1.